The van der Waals surface area contributed by atoms with Crippen molar-refractivity contribution in [3.63, 3.8) is 0 Å². The molecule has 0 saturated heterocycles. The van der Waals surface area contributed by atoms with Crippen LogP contribution in [0.1, 0.15) is 32.8 Å². The van der Waals surface area contributed by atoms with E-state index in [1.54, 1.807) is 5.48 Å². The Morgan fingerprint density at radius 2 is 1.74 bits per heavy atom. The fourth-order valence-electron chi connectivity index (χ4n) is 2.43. The van der Waals surface area contributed by atoms with Gasteiger partial charge in [0.15, 0.2) is 5.78 Å². The number of carbonyl (C=O) groups is 3. The molecule has 23 heavy (non-hydrogen) atoms. The summed E-state index contributed by atoms with van der Waals surface area (Å²) in [6.45, 7) is 5.12. The lowest BCUT2D eigenvalue weighted by Crippen LogP contribution is -2.47. The van der Waals surface area contributed by atoms with Crippen molar-refractivity contribution in [2.45, 2.75) is 39.7 Å². The number of carbonyl (C=O) groups excluding carboxylic acids is 3. The topological polar surface area (TPSA) is 95.5 Å². The van der Waals surface area contributed by atoms with E-state index in [9.17, 15) is 14.4 Å². The Morgan fingerprint density at radius 1 is 1.13 bits per heavy atom. The number of benzene rings is 1. The summed E-state index contributed by atoms with van der Waals surface area (Å²) in [7, 11) is 0. The van der Waals surface area contributed by atoms with Gasteiger partial charge >= 0.3 is 0 Å². The average molecular weight is 320 g/mol. The van der Waals surface area contributed by atoms with Crippen LogP contribution in [-0.2, 0) is 20.8 Å². The fourth-order valence-corrected chi connectivity index (χ4v) is 2.43. The predicted molar refractivity (Wildman–Crippen MR) is 85.6 cm³/mol. The van der Waals surface area contributed by atoms with Crippen molar-refractivity contribution in [3.8, 4) is 0 Å². The lowest BCUT2D eigenvalue weighted by Gasteiger charge is -2.23. The van der Waals surface area contributed by atoms with Gasteiger partial charge in [-0.1, -0.05) is 44.2 Å². The van der Waals surface area contributed by atoms with Crippen LogP contribution in [0.4, 0.5) is 0 Å². The maximum absolute atomic E-state index is 12.5. The molecule has 0 aliphatic rings. The van der Waals surface area contributed by atoms with E-state index in [1.165, 1.54) is 6.92 Å². The van der Waals surface area contributed by atoms with Gasteiger partial charge in [-0.05, 0) is 24.8 Å². The molecule has 1 aromatic rings. The first-order valence-electron chi connectivity index (χ1n) is 7.62. The van der Waals surface area contributed by atoms with Crippen molar-refractivity contribution >= 4 is 17.6 Å². The molecular formula is C17H24N2O4. The lowest BCUT2D eigenvalue weighted by molar-refractivity contribution is -0.136. The van der Waals surface area contributed by atoms with Crippen LogP contribution in [0.2, 0.25) is 0 Å². The smallest absolute Gasteiger partial charge is 0.244 e. The first kappa shape index (κ1) is 18.8. The summed E-state index contributed by atoms with van der Waals surface area (Å²) in [6, 6.07) is 8.71. The monoisotopic (exact) mass is 320 g/mol. The molecule has 3 N–H and O–H groups in total. The number of hydrogen-bond donors (Lipinski definition) is 3. The molecule has 0 bridgehead atoms. The number of hydroxylamine groups is 1. The Morgan fingerprint density at radius 3 is 2.22 bits per heavy atom. The normalized spacial score (nSPS) is 13.3. The van der Waals surface area contributed by atoms with E-state index in [-0.39, 0.29) is 24.0 Å². The second-order valence-electron chi connectivity index (χ2n) is 5.97. The molecule has 1 rings (SSSR count). The molecule has 6 nitrogen and oxygen atoms in total. The van der Waals surface area contributed by atoms with Gasteiger partial charge in [0.1, 0.15) is 0 Å². The molecule has 0 fully saturated rings. The van der Waals surface area contributed by atoms with Gasteiger partial charge < -0.3 is 5.32 Å². The highest BCUT2D eigenvalue weighted by Gasteiger charge is 2.27. The molecule has 2 unspecified atom stereocenters. The minimum absolute atomic E-state index is 0.0412. The summed E-state index contributed by atoms with van der Waals surface area (Å²) in [6.07, 6.45) is 0.197. The number of amides is 2. The minimum atomic E-state index is -0.662. The van der Waals surface area contributed by atoms with E-state index >= 15 is 0 Å². The lowest BCUT2D eigenvalue weighted by atomic mass is 9.93. The van der Waals surface area contributed by atoms with Crippen LogP contribution in [0.3, 0.4) is 0 Å². The van der Waals surface area contributed by atoms with Crippen LogP contribution >= 0.6 is 0 Å². The number of rotatable bonds is 8. The van der Waals surface area contributed by atoms with E-state index in [2.05, 4.69) is 5.32 Å². The SMILES string of the molecule is CC(=O)C(NC(=O)C(CC(=O)NO)Cc1ccccc1)C(C)C. The quantitative estimate of drug-likeness (QED) is 0.499. The third kappa shape index (κ3) is 6.20. The van der Waals surface area contributed by atoms with Crippen molar-refractivity contribution in [1.82, 2.24) is 10.8 Å². The minimum Gasteiger partial charge on any atom is -0.346 e. The standard InChI is InChI=1S/C17H24N2O4/c1-11(2)16(12(3)20)18-17(22)14(10-15(21)19-23)9-13-7-5-4-6-8-13/h4-8,11,14,16,23H,9-10H2,1-3H3,(H,18,22)(H,19,21). The molecule has 0 saturated carbocycles. The summed E-state index contributed by atoms with van der Waals surface area (Å²) in [5.41, 5.74) is 2.45. The molecule has 2 atom stereocenters. The van der Waals surface area contributed by atoms with E-state index in [4.69, 9.17) is 5.21 Å². The number of ketones is 1. The first-order chi connectivity index (χ1) is 10.8. The van der Waals surface area contributed by atoms with Crippen molar-refractivity contribution in [2.75, 3.05) is 0 Å². The molecule has 0 aliphatic heterocycles. The van der Waals surface area contributed by atoms with Crippen LogP contribution in [0.25, 0.3) is 0 Å². The van der Waals surface area contributed by atoms with Gasteiger partial charge in [0, 0.05) is 6.42 Å². The van der Waals surface area contributed by atoms with Crippen molar-refractivity contribution in [2.24, 2.45) is 11.8 Å². The second kappa shape index (κ2) is 9.05. The van der Waals surface area contributed by atoms with Gasteiger partial charge in [-0.25, -0.2) is 5.48 Å². The van der Waals surface area contributed by atoms with Gasteiger partial charge in [-0.2, -0.15) is 0 Å². The van der Waals surface area contributed by atoms with Crippen molar-refractivity contribution < 1.29 is 19.6 Å². The Hall–Kier alpha value is -2.21. The fraction of sp³-hybridized carbons (Fsp3) is 0.471. The molecule has 0 radical (unpaired) electrons. The molecule has 126 valence electrons. The summed E-state index contributed by atoms with van der Waals surface area (Å²) >= 11 is 0. The summed E-state index contributed by atoms with van der Waals surface area (Å²) in [4.78, 5) is 35.6. The molecular weight excluding hydrogens is 296 g/mol. The largest absolute Gasteiger partial charge is 0.346 e. The Bertz CT molecular complexity index is 543. The number of hydrogen-bond acceptors (Lipinski definition) is 4. The zero-order chi connectivity index (χ0) is 17.4. The molecule has 2 amide bonds. The Labute approximate surface area is 136 Å². The van der Waals surface area contributed by atoms with Gasteiger partial charge in [-0.3, -0.25) is 19.6 Å². The van der Waals surface area contributed by atoms with Crippen molar-refractivity contribution in [1.29, 1.82) is 0 Å². The van der Waals surface area contributed by atoms with Gasteiger partial charge in [-0.15, -0.1) is 0 Å². The zero-order valence-corrected chi connectivity index (χ0v) is 13.7. The van der Waals surface area contributed by atoms with Gasteiger partial charge in [0.25, 0.3) is 0 Å². The molecule has 1 aromatic carbocycles. The van der Waals surface area contributed by atoms with Gasteiger partial charge in [0.2, 0.25) is 11.8 Å². The van der Waals surface area contributed by atoms with Crippen LogP contribution < -0.4 is 10.8 Å². The Kier molecular flexibility index (Phi) is 7.41. The number of nitrogens with one attached hydrogen (secondary N) is 2. The third-order valence-corrected chi connectivity index (χ3v) is 3.65. The first-order valence-corrected chi connectivity index (χ1v) is 7.62. The zero-order valence-electron chi connectivity index (χ0n) is 13.7. The van der Waals surface area contributed by atoms with Crippen molar-refractivity contribution in [3.05, 3.63) is 35.9 Å². The number of Topliss-reactive ketones (excluding diaryl/α,β-unsaturated/α-hetero) is 1. The molecule has 6 heteroatoms. The summed E-state index contributed by atoms with van der Waals surface area (Å²) < 4.78 is 0. The maximum Gasteiger partial charge on any atom is 0.244 e. The molecule has 0 spiro atoms. The molecule has 0 aliphatic carbocycles. The van der Waals surface area contributed by atoms with Crippen LogP contribution in [-0.4, -0.2) is 28.8 Å². The maximum atomic E-state index is 12.5. The second-order valence-corrected chi connectivity index (χ2v) is 5.97. The van der Waals surface area contributed by atoms with Crippen LogP contribution in [0, 0.1) is 11.8 Å². The van der Waals surface area contributed by atoms with Gasteiger partial charge in [0.05, 0.1) is 12.0 Å². The van der Waals surface area contributed by atoms with E-state index in [0.29, 0.717) is 6.42 Å². The van der Waals surface area contributed by atoms with E-state index < -0.39 is 17.9 Å². The van der Waals surface area contributed by atoms with Crippen LogP contribution in [0.5, 0.6) is 0 Å². The average Bonchev–Trinajstić information content (AvgIpc) is 2.51. The predicted octanol–water partition coefficient (Wildman–Crippen LogP) is 1.47. The van der Waals surface area contributed by atoms with E-state index in [0.717, 1.165) is 5.56 Å². The Balaban J connectivity index is 2.87. The molecule has 0 aromatic heterocycles. The highest BCUT2D eigenvalue weighted by molar-refractivity contribution is 5.90. The highest BCUT2D eigenvalue weighted by atomic mass is 16.5. The van der Waals surface area contributed by atoms with E-state index in [1.807, 2.05) is 44.2 Å². The third-order valence-electron chi connectivity index (χ3n) is 3.65. The highest BCUT2D eigenvalue weighted by Crippen LogP contribution is 2.14. The molecule has 0 heterocycles. The summed E-state index contributed by atoms with van der Waals surface area (Å²) in [5, 5.41) is 11.4. The summed E-state index contributed by atoms with van der Waals surface area (Å²) in [5.74, 6) is -1.83. The van der Waals surface area contributed by atoms with Crippen LogP contribution in [0.15, 0.2) is 30.3 Å².